The Balaban J connectivity index is 2.24. The van der Waals surface area contributed by atoms with Gasteiger partial charge in [0.05, 0.1) is 5.75 Å². The van der Waals surface area contributed by atoms with Crippen LogP contribution in [0.3, 0.4) is 0 Å². The Hall–Kier alpha value is -1.05. The summed E-state index contributed by atoms with van der Waals surface area (Å²) in [6, 6.07) is 10.0. The average Bonchev–Trinajstić information content (AvgIpc) is 2.33. The van der Waals surface area contributed by atoms with Crippen LogP contribution in [0, 0.1) is 0 Å². The molecule has 0 amide bonds. The normalized spacial score (nSPS) is 12.6. The Kier molecular flexibility index (Phi) is 6.17. The van der Waals surface area contributed by atoms with Crippen molar-refractivity contribution in [3.05, 3.63) is 35.9 Å². The van der Waals surface area contributed by atoms with Gasteiger partial charge in [0.25, 0.3) is 0 Å². The molecule has 0 aliphatic heterocycles. The molecule has 0 aliphatic rings. The molecular weight excluding hydrogens is 272 g/mol. The fourth-order valence-electron chi connectivity index (χ4n) is 1.33. The molecule has 0 atom stereocenters. The number of aryl methyl sites for hydroxylation is 1. The molecule has 0 spiro atoms. The zero-order valence-corrected chi connectivity index (χ0v) is 11.5. The van der Waals surface area contributed by atoms with E-state index in [2.05, 4.69) is 4.99 Å². The van der Waals surface area contributed by atoms with Crippen LogP contribution in [0.4, 0.5) is 0 Å². The second-order valence-electron chi connectivity index (χ2n) is 3.65. The van der Waals surface area contributed by atoms with Gasteiger partial charge in [-0.15, -0.1) is 0 Å². The molecule has 0 saturated carbocycles. The van der Waals surface area contributed by atoms with E-state index in [0.717, 1.165) is 12.8 Å². The number of hydrogen-bond donors (Lipinski definition) is 2. The standard InChI is InChI=1S/C11H16N2O3S2/c12-11(9-17-18(14,15)16)13-8-4-7-10-5-2-1-3-6-10/h1-3,5-6H,4,7-9H2,(H2,12,13)(H,14,15,16). The van der Waals surface area contributed by atoms with Crippen LogP contribution in [0.15, 0.2) is 35.3 Å². The Labute approximate surface area is 111 Å². The largest absolute Gasteiger partial charge is 0.387 e. The van der Waals surface area contributed by atoms with Crippen LogP contribution < -0.4 is 5.73 Å². The highest BCUT2D eigenvalue weighted by Gasteiger charge is 2.06. The first kappa shape index (κ1) is 15.0. The molecule has 100 valence electrons. The molecule has 0 heterocycles. The number of rotatable bonds is 7. The maximum absolute atomic E-state index is 10.5. The molecule has 1 aromatic rings. The van der Waals surface area contributed by atoms with E-state index in [0.29, 0.717) is 17.3 Å². The summed E-state index contributed by atoms with van der Waals surface area (Å²) < 4.78 is 29.4. The minimum atomic E-state index is -4.04. The van der Waals surface area contributed by atoms with Crippen LogP contribution in [0.2, 0.25) is 0 Å². The van der Waals surface area contributed by atoms with E-state index in [4.69, 9.17) is 10.3 Å². The lowest BCUT2D eigenvalue weighted by Gasteiger charge is -2.00. The second kappa shape index (κ2) is 7.40. The Bertz CT molecular complexity index is 486. The highest BCUT2D eigenvalue weighted by Crippen LogP contribution is 2.08. The van der Waals surface area contributed by atoms with Gasteiger partial charge in [-0.2, -0.15) is 8.42 Å². The van der Waals surface area contributed by atoms with Crippen LogP contribution in [-0.4, -0.2) is 31.1 Å². The lowest BCUT2D eigenvalue weighted by molar-refractivity contribution is 0.503. The van der Waals surface area contributed by atoms with Crippen molar-refractivity contribution in [2.75, 3.05) is 12.3 Å². The number of benzene rings is 1. The molecule has 3 N–H and O–H groups in total. The summed E-state index contributed by atoms with van der Waals surface area (Å²) in [5.74, 6) is 0.218. The lowest BCUT2D eigenvalue weighted by atomic mass is 10.1. The highest BCUT2D eigenvalue weighted by atomic mass is 33.1. The number of amidine groups is 1. The first-order chi connectivity index (χ1) is 8.47. The van der Waals surface area contributed by atoms with Crippen LogP contribution in [0.25, 0.3) is 0 Å². The van der Waals surface area contributed by atoms with Crippen molar-refractivity contribution in [1.82, 2.24) is 0 Å². The molecule has 5 nitrogen and oxygen atoms in total. The third kappa shape index (κ3) is 7.31. The lowest BCUT2D eigenvalue weighted by Crippen LogP contribution is -2.16. The summed E-state index contributed by atoms with van der Waals surface area (Å²) in [4.78, 5) is 4.04. The van der Waals surface area contributed by atoms with Crippen LogP contribution in [-0.2, 0) is 15.6 Å². The number of hydrogen-bond acceptors (Lipinski definition) is 4. The van der Waals surface area contributed by atoms with Crippen molar-refractivity contribution >= 4 is 25.8 Å². The van der Waals surface area contributed by atoms with Gasteiger partial charge in [-0.1, -0.05) is 30.3 Å². The van der Waals surface area contributed by atoms with Gasteiger partial charge in [0, 0.05) is 17.3 Å². The van der Waals surface area contributed by atoms with Crippen molar-refractivity contribution < 1.29 is 13.0 Å². The third-order valence-corrected chi connectivity index (χ3v) is 4.10. The Morgan fingerprint density at radius 2 is 2.00 bits per heavy atom. The Morgan fingerprint density at radius 1 is 1.33 bits per heavy atom. The molecular formula is C11H16N2O3S2. The van der Waals surface area contributed by atoms with Gasteiger partial charge in [-0.25, -0.2) is 0 Å². The van der Waals surface area contributed by atoms with Gasteiger partial charge in [0.1, 0.15) is 5.84 Å². The average molecular weight is 288 g/mol. The molecule has 0 bridgehead atoms. The van der Waals surface area contributed by atoms with E-state index in [1.54, 1.807) is 0 Å². The van der Waals surface area contributed by atoms with Crippen molar-refractivity contribution in [2.45, 2.75) is 12.8 Å². The van der Waals surface area contributed by atoms with Gasteiger partial charge in [0.15, 0.2) is 0 Å². The van der Waals surface area contributed by atoms with E-state index >= 15 is 0 Å². The van der Waals surface area contributed by atoms with Gasteiger partial charge in [-0.05, 0) is 18.4 Å². The van der Waals surface area contributed by atoms with E-state index in [9.17, 15) is 8.42 Å². The summed E-state index contributed by atoms with van der Waals surface area (Å²) >= 11 is 0. The van der Waals surface area contributed by atoms with E-state index in [1.807, 2.05) is 30.3 Å². The molecule has 0 aromatic heterocycles. The van der Waals surface area contributed by atoms with Crippen LogP contribution >= 0.6 is 10.8 Å². The van der Waals surface area contributed by atoms with Crippen molar-refractivity contribution in [3.8, 4) is 0 Å². The van der Waals surface area contributed by atoms with Crippen molar-refractivity contribution in [1.29, 1.82) is 0 Å². The summed E-state index contributed by atoms with van der Waals surface area (Å²) in [5.41, 5.74) is 6.75. The van der Waals surface area contributed by atoms with Gasteiger partial charge < -0.3 is 5.73 Å². The summed E-state index contributed by atoms with van der Waals surface area (Å²) in [5, 5.41) is 0. The van der Waals surface area contributed by atoms with E-state index < -0.39 is 9.15 Å². The molecule has 1 aromatic carbocycles. The zero-order chi connectivity index (χ0) is 13.4. The SMILES string of the molecule is NC(CSS(=O)(=O)O)=NCCCc1ccccc1. The molecule has 0 unspecified atom stereocenters. The molecule has 0 radical (unpaired) electrons. The summed E-state index contributed by atoms with van der Waals surface area (Å²) in [7, 11) is -3.67. The predicted octanol–water partition coefficient (Wildman–Crippen LogP) is 1.51. The summed E-state index contributed by atoms with van der Waals surface area (Å²) in [6.45, 7) is 0.548. The second-order valence-corrected chi connectivity index (χ2v) is 7.00. The molecule has 1 rings (SSSR count). The predicted molar refractivity (Wildman–Crippen MR) is 75.3 cm³/mol. The summed E-state index contributed by atoms with van der Waals surface area (Å²) in [6.07, 6.45) is 1.75. The topological polar surface area (TPSA) is 92.8 Å². The first-order valence-electron chi connectivity index (χ1n) is 5.42. The first-order valence-corrected chi connectivity index (χ1v) is 8.36. The maximum atomic E-state index is 10.5. The fraction of sp³-hybridized carbons (Fsp3) is 0.364. The fourth-order valence-corrected chi connectivity index (χ4v) is 2.50. The molecule has 0 fully saturated rings. The highest BCUT2D eigenvalue weighted by molar-refractivity contribution is 8.70. The quantitative estimate of drug-likeness (QED) is 0.261. The molecule has 0 aliphatic carbocycles. The zero-order valence-electron chi connectivity index (χ0n) is 9.82. The van der Waals surface area contributed by atoms with Crippen molar-refractivity contribution in [3.63, 3.8) is 0 Å². The molecule has 18 heavy (non-hydrogen) atoms. The van der Waals surface area contributed by atoms with Crippen molar-refractivity contribution in [2.24, 2.45) is 10.7 Å². The van der Waals surface area contributed by atoms with Gasteiger partial charge >= 0.3 is 9.15 Å². The van der Waals surface area contributed by atoms with Crippen LogP contribution in [0.5, 0.6) is 0 Å². The number of aliphatic imine (C=N–C) groups is 1. The monoisotopic (exact) mass is 288 g/mol. The molecule has 7 heteroatoms. The maximum Gasteiger partial charge on any atom is 0.320 e. The number of nitrogens with zero attached hydrogens (tertiary/aromatic N) is 1. The molecule has 0 saturated heterocycles. The third-order valence-electron chi connectivity index (χ3n) is 2.14. The van der Waals surface area contributed by atoms with E-state index in [-0.39, 0.29) is 11.6 Å². The van der Waals surface area contributed by atoms with Gasteiger partial charge in [0.2, 0.25) is 0 Å². The smallest absolute Gasteiger partial charge is 0.320 e. The van der Waals surface area contributed by atoms with E-state index in [1.165, 1.54) is 5.56 Å². The minimum absolute atomic E-state index is 0.00975. The van der Waals surface area contributed by atoms with Crippen LogP contribution in [0.1, 0.15) is 12.0 Å². The number of nitrogens with two attached hydrogens (primary N) is 1. The minimum Gasteiger partial charge on any atom is -0.387 e. The van der Waals surface area contributed by atoms with Gasteiger partial charge in [-0.3, -0.25) is 9.55 Å². The Morgan fingerprint density at radius 3 is 2.61 bits per heavy atom.